The van der Waals surface area contributed by atoms with Crippen LogP contribution in [0.15, 0.2) is 29.6 Å². The van der Waals surface area contributed by atoms with Crippen LogP contribution in [-0.4, -0.2) is 10.9 Å². The summed E-state index contributed by atoms with van der Waals surface area (Å²) < 4.78 is 0. The fourth-order valence-electron chi connectivity index (χ4n) is 2.19. The van der Waals surface area contributed by atoms with E-state index < -0.39 is 0 Å². The van der Waals surface area contributed by atoms with Crippen molar-refractivity contribution in [3.8, 4) is 0 Å². The third-order valence-corrected chi connectivity index (χ3v) is 4.55. The second-order valence-electron chi connectivity index (χ2n) is 4.88. The molecule has 0 atom stereocenters. The number of amides is 1. The summed E-state index contributed by atoms with van der Waals surface area (Å²) in [7, 11) is 0. The monoisotopic (exact) mass is 307 g/mol. The molecular weight excluding hydrogens is 294 g/mol. The van der Waals surface area contributed by atoms with Gasteiger partial charge in [-0.05, 0) is 30.5 Å². The number of carbonyl (C=O) groups excluding carboxylic acids is 1. The number of hydrogen-bond acceptors (Lipinski definition) is 4. The Balaban J connectivity index is 1.78. The predicted octanol–water partition coefficient (Wildman–Crippen LogP) is 2.67. The van der Waals surface area contributed by atoms with Crippen molar-refractivity contribution in [2.24, 2.45) is 5.73 Å². The maximum atomic E-state index is 12.2. The fraction of sp³-hybridized carbons (Fsp3) is 0.286. The SMILES string of the molecule is NCc1nc(C(=O)NC2(c3cccc(Cl)c3)CC2)cs1. The minimum absolute atomic E-state index is 0.154. The Labute approximate surface area is 126 Å². The van der Waals surface area contributed by atoms with Crippen LogP contribution in [0.1, 0.15) is 33.9 Å². The summed E-state index contributed by atoms with van der Waals surface area (Å²) in [5.41, 5.74) is 6.71. The minimum Gasteiger partial charge on any atom is -0.341 e. The van der Waals surface area contributed by atoms with Gasteiger partial charge in [0.15, 0.2) is 0 Å². The summed E-state index contributed by atoms with van der Waals surface area (Å²) in [6.07, 6.45) is 1.85. The van der Waals surface area contributed by atoms with Crippen molar-refractivity contribution in [2.75, 3.05) is 0 Å². The molecule has 1 amide bonds. The van der Waals surface area contributed by atoms with Crippen LogP contribution in [0, 0.1) is 0 Å². The third-order valence-electron chi connectivity index (χ3n) is 3.44. The second-order valence-corrected chi connectivity index (χ2v) is 6.26. The van der Waals surface area contributed by atoms with Crippen LogP contribution in [0.25, 0.3) is 0 Å². The third kappa shape index (κ3) is 2.57. The van der Waals surface area contributed by atoms with Gasteiger partial charge < -0.3 is 11.1 Å². The van der Waals surface area contributed by atoms with Crippen molar-refractivity contribution in [3.63, 3.8) is 0 Å². The molecule has 1 heterocycles. The number of nitrogens with zero attached hydrogens (tertiary/aromatic N) is 1. The quantitative estimate of drug-likeness (QED) is 0.912. The van der Waals surface area contributed by atoms with E-state index in [9.17, 15) is 4.79 Å². The molecule has 1 aromatic carbocycles. The van der Waals surface area contributed by atoms with Crippen LogP contribution in [0.2, 0.25) is 5.02 Å². The van der Waals surface area contributed by atoms with Gasteiger partial charge in [0.05, 0.1) is 5.54 Å². The van der Waals surface area contributed by atoms with E-state index in [1.165, 1.54) is 11.3 Å². The highest BCUT2D eigenvalue weighted by molar-refractivity contribution is 7.09. The van der Waals surface area contributed by atoms with E-state index in [0.717, 1.165) is 23.4 Å². The standard InChI is InChI=1S/C14H14ClN3OS/c15-10-3-1-2-9(6-10)14(4-5-14)18-13(19)11-8-20-12(7-16)17-11/h1-3,6,8H,4-5,7,16H2,(H,18,19). The summed E-state index contributed by atoms with van der Waals surface area (Å²) in [6, 6.07) is 7.63. The Hall–Kier alpha value is -1.43. The molecule has 0 radical (unpaired) electrons. The van der Waals surface area contributed by atoms with Crippen LogP contribution >= 0.6 is 22.9 Å². The molecule has 3 N–H and O–H groups in total. The number of nitrogens with one attached hydrogen (secondary N) is 1. The number of nitrogens with two attached hydrogens (primary N) is 1. The van der Waals surface area contributed by atoms with Crippen molar-refractivity contribution in [1.82, 2.24) is 10.3 Å². The van der Waals surface area contributed by atoms with Crippen LogP contribution in [0.3, 0.4) is 0 Å². The molecule has 104 valence electrons. The average molecular weight is 308 g/mol. The van der Waals surface area contributed by atoms with Crippen LogP contribution in [-0.2, 0) is 12.1 Å². The van der Waals surface area contributed by atoms with Crippen LogP contribution < -0.4 is 11.1 Å². The largest absolute Gasteiger partial charge is 0.341 e. The fourth-order valence-corrected chi connectivity index (χ4v) is 3.03. The lowest BCUT2D eigenvalue weighted by Gasteiger charge is -2.17. The molecule has 0 spiro atoms. The van der Waals surface area contributed by atoms with Crippen molar-refractivity contribution >= 4 is 28.8 Å². The van der Waals surface area contributed by atoms with Crippen LogP contribution in [0.5, 0.6) is 0 Å². The number of rotatable bonds is 4. The highest BCUT2D eigenvalue weighted by atomic mass is 35.5. The molecule has 1 fully saturated rings. The van der Waals surface area contributed by atoms with Gasteiger partial charge in [-0.2, -0.15) is 0 Å². The van der Waals surface area contributed by atoms with Crippen molar-refractivity contribution < 1.29 is 4.79 Å². The van der Waals surface area contributed by atoms with E-state index in [4.69, 9.17) is 17.3 Å². The zero-order valence-corrected chi connectivity index (χ0v) is 12.3. The number of carbonyl (C=O) groups is 1. The maximum Gasteiger partial charge on any atom is 0.271 e. The van der Waals surface area contributed by atoms with Crippen molar-refractivity contribution in [2.45, 2.75) is 24.9 Å². The van der Waals surface area contributed by atoms with E-state index in [-0.39, 0.29) is 11.4 Å². The van der Waals surface area contributed by atoms with Crippen molar-refractivity contribution in [1.29, 1.82) is 0 Å². The number of aromatic nitrogens is 1. The highest BCUT2D eigenvalue weighted by Gasteiger charge is 2.46. The molecule has 1 aromatic heterocycles. The lowest BCUT2D eigenvalue weighted by Crippen LogP contribution is -2.35. The molecule has 20 heavy (non-hydrogen) atoms. The summed E-state index contributed by atoms with van der Waals surface area (Å²) in [6.45, 7) is 0.359. The van der Waals surface area contributed by atoms with E-state index in [2.05, 4.69) is 10.3 Å². The van der Waals surface area contributed by atoms with Gasteiger partial charge in [-0.25, -0.2) is 4.98 Å². The van der Waals surface area contributed by atoms with E-state index >= 15 is 0 Å². The Morgan fingerprint density at radius 2 is 2.30 bits per heavy atom. The number of halogens is 1. The van der Waals surface area contributed by atoms with Gasteiger partial charge in [0.1, 0.15) is 10.7 Å². The molecule has 1 aliphatic carbocycles. The van der Waals surface area contributed by atoms with Crippen molar-refractivity contribution in [3.05, 3.63) is 50.9 Å². The first-order valence-electron chi connectivity index (χ1n) is 6.36. The lowest BCUT2D eigenvalue weighted by atomic mass is 10.0. The minimum atomic E-state index is -0.283. The average Bonchev–Trinajstić information content (AvgIpc) is 3.06. The molecule has 3 rings (SSSR count). The first-order chi connectivity index (χ1) is 9.63. The van der Waals surface area contributed by atoms with Gasteiger partial charge in [0, 0.05) is 16.9 Å². The molecule has 1 aliphatic rings. The van der Waals surface area contributed by atoms with E-state index in [0.29, 0.717) is 17.3 Å². The summed E-state index contributed by atoms with van der Waals surface area (Å²) in [5, 5.41) is 6.26. The molecule has 6 heteroatoms. The number of hydrogen-bond donors (Lipinski definition) is 2. The zero-order chi connectivity index (χ0) is 14.2. The molecule has 0 aliphatic heterocycles. The van der Waals surface area contributed by atoms with Gasteiger partial charge in [-0.15, -0.1) is 11.3 Å². The summed E-state index contributed by atoms with van der Waals surface area (Å²) in [5.74, 6) is -0.154. The zero-order valence-electron chi connectivity index (χ0n) is 10.7. The molecule has 2 aromatic rings. The first-order valence-corrected chi connectivity index (χ1v) is 7.62. The lowest BCUT2D eigenvalue weighted by molar-refractivity contribution is 0.0926. The van der Waals surface area contributed by atoms with Gasteiger partial charge in [0.25, 0.3) is 5.91 Å². The summed E-state index contributed by atoms with van der Waals surface area (Å²) >= 11 is 7.42. The molecule has 4 nitrogen and oxygen atoms in total. The second kappa shape index (κ2) is 5.16. The van der Waals surface area contributed by atoms with Gasteiger partial charge in [0.2, 0.25) is 0 Å². The smallest absolute Gasteiger partial charge is 0.271 e. The van der Waals surface area contributed by atoms with E-state index in [1.807, 2.05) is 24.3 Å². The maximum absolute atomic E-state index is 12.2. The normalized spacial score (nSPS) is 15.9. The Morgan fingerprint density at radius 3 is 2.90 bits per heavy atom. The molecule has 0 bridgehead atoms. The molecule has 1 saturated carbocycles. The number of thiazole rings is 1. The number of benzene rings is 1. The van der Waals surface area contributed by atoms with Gasteiger partial charge >= 0.3 is 0 Å². The topological polar surface area (TPSA) is 68.0 Å². The Morgan fingerprint density at radius 1 is 1.50 bits per heavy atom. The predicted molar refractivity (Wildman–Crippen MR) is 79.8 cm³/mol. The van der Waals surface area contributed by atoms with Gasteiger partial charge in [-0.3, -0.25) is 4.79 Å². The molecular formula is C14H14ClN3OS. The summed E-state index contributed by atoms with van der Waals surface area (Å²) in [4.78, 5) is 16.5. The first kappa shape index (κ1) is 13.5. The highest BCUT2D eigenvalue weighted by Crippen LogP contribution is 2.46. The Bertz CT molecular complexity index is 651. The molecule has 0 unspecified atom stereocenters. The molecule has 0 saturated heterocycles. The van der Waals surface area contributed by atoms with E-state index in [1.54, 1.807) is 5.38 Å². The van der Waals surface area contributed by atoms with Gasteiger partial charge in [-0.1, -0.05) is 23.7 Å². The Kier molecular flexibility index (Phi) is 3.50. The van der Waals surface area contributed by atoms with Crippen LogP contribution in [0.4, 0.5) is 0 Å².